The van der Waals surface area contributed by atoms with E-state index in [0.29, 0.717) is 12.3 Å². The minimum absolute atomic E-state index is 0.0593. The van der Waals surface area contributed by atoms with Gasteiger partial charge in [0, 0.05) is 18.0 Å². The quantitative estimate of drug-likeness (QED) is 0.789. The molecule has 1 heterocycles. The minimum Gasteiger partial charge on any atom is -0.399 e. The van der Waals surface area contributed by atoms with Crippen LogP contribution in [0.2, 0.25) is 0 Å². The van der Waals surface area contributed by atoms with Crippen LogP contribution >= 0.6 is 0 Å². The Morgan fingerprint density at radius 1 is 1.39 bits per heavy atom. The lowest BCUT2D eigenvalue weighted by Crippen LogP contribution is -2.31. The van der Waals surface area contributed by atoms with Gasteiger partial charge in [0.25, 0.3) is 5.91 Å². The molecule has 0 aromatic heterocycles. The molecular formula is C14H20N2O2. The molecular weight excluding hydrogens is 228 g/mol. The smallest absolute Gasteiger partial charge is 0.253 e. The SMILES string of the molecule is Cc1cc(N)cc(C)c1NC(=O)C1OCCC1C. The fourth-order valence-corrected chi connectivity index (χ4v) is 2.42. The standard InChI is InChI=1S/C14H20N2O2/c1-8-4-5-18-13(8)14(17)16-12-9(2)6-11(15)7-10(12)3/h6-8,13H,4-5,15H2,1-3H3,(H,16,17). The molecule has 4 heteroatoms. The summed E-state index contributed by atoms with van der Waals surface area (Å²) in [5.74, 6) is 0.218. The zero-order valence-corrected chi connectivity index (χ0v) is 11.1. The Balaban J connectivity index is 2.17. The monoisotopic (exact) mass is 248 g/mol. The number of anilines is 2. The highest BCUT2D eigenvalue weighted by atomic mass is 16.5. The van der Waals surface area contributed by atoms with Crippen LogP contribution in [0, 0.1) is 19.8 Å². The Bertz CT molecular complexity index is 448. The second kappa shape index (κ2) is 4.98. The molecule has 2 atom stereocenters. The number of nitrogen functional groups attached to an aromatic ring is 1. The van der Waals surface area contributed by atoms with E-state index in [4.69, 9.17) is 10.5 Å². The largest absolute Gasteiger partial charge is 0.399 e. The molecule has 0 aliphatic carbocycles. The zero-order chi connectivity index (χ0) is 13.3. The first-order valence-electron chi connectivity index (χ1n) is 6.28. The molecule has 98 valence electrons. The van der Waals surface area contributed by atoms with Gasteiger partial charge in [-0.3, -0.25) is 4.79 Å². The number of hydrogen-bond acceptors (Lipinski definition) is 3. The van der Waals surface area contributed by atoms with Gasteiger partial charge in [-0.2, -0.15) is 0 Å². The Morgan fingerprint density at radius 3 is 2.50 bits per heavy atom. The summed E-state index contributed by atoms with van der Waals surface area (Å²) in [6, 6.07) is 3.73. The third-order valence-corrected chi connectivity index (χ3v) is 3.45. The third kappa shape index (κ3) is 2.48. The van der Waals surface area contributed by atoms with Gasteiger partial charge in [0.1, 0.15) is 6.10 Å². The molecule has 1 amide bonds. The van der Waals surface area contributed by atoms with Gasteiger partial charge in [-0.15, -0.1) is 0 Å². The fourth-order valence-electron chi connectivity index (χ4n) is 2.42. The van der Waals surface area contributed by atoms with Crippen LogP contribution in [-0.2, 0) is 9.53 Å². The van der Waals surface area contributed by atoms with Crippen molar-refractivity contribution in [3.8, 4) is 0 Å². The fraction of sp³-hybridized carbons (Fsp3) is 0.500. The molecule has 3 N–H and O–H groups in total. The summed E-state index contributed by atoms with van der Waals surface area (Å²) in [6.45, 7) is 6.59. The zero-order valence-electron chi connectivity index (χ0n) is 11.1. The normalized spacial score (nSPS) is 23.1. The highest BCUT2D eigenvalue weighted by Crippen LogP contribution is 2.26. The van der Waals surface area contributed by atoms with E-state index in [0.717, 1.165) is 23.2 Å². The van der Waals surface area contributed by atoms with Gasteiger partial charge in [0.05, 0.1) is 0 Å². The highest BCUT2D eigenvalue weighted by molar-refractivity contribution is 5.96. The molecule has 18 heavy (non-hydrogen) atoms. The summed E-state index contributed by atoms with van der Waals surface area (Å²) in [7, 11) is 0. The van der Waals surface area contributed by atoms with Gasteiger partial charge in [0.2, 0.25) is 0 Å². The van der Waals surface area contributed by atoms with Crippen molar-refractivity contribution >= 4 is 17.3 Å². The summed E-state index contributed by atoms with van der Waals surface area (Å²) in [6.07, 6.45) is 0.610. The van der Waals surface area contributed by atoms with Crippen LogP contribution in [0.4, 0.5) is 11.4 Å². The minimum atomic E-state index is -0.332. The molecule has 0 saturated carbocycles. The van der Waals surface area contributed by atoms with E-state index in [1.165, 1.54) is 0 Å². The van der Waals surface area contributed by atoms with E-state index in [1.54, 1.807) is 0 Å². The second-order valence-electron chi connectivity index (χ2n) is 5.08. The first-order valence-corrected chi connectivity index (χ1v) is 6.28. The van der Waals surface area contributed by atoms with Gasteiger partial charge in [0.15, 0.2) is 0 Å². The van der Waals surface area contributed by atoms with E-state index in [9.17, 15) is 4.79 Å². The summed E-state index contributed by atoms with van der Waals surface area (Å²) in [5.41, 5.74) is 9.28. The number of amides is 1. The van der Waals surface area contributed by atoms with Crippen molar-refractivity contribution < 1.29 is 9.53 Å². The van der Waals surface area contributed by atoms with Crippen molar-refractivity contribution in [1.82, 2.24) is 0 Å². The van der Waals surface area contributed by atoms with Crippen LogP contribution in [-0.4, -0.2) is 18.6 Å². The van der Waals surface area contributed by atoms with Crippen molar-refractivity contribution in [2.24, 2.45) is 5.92 Å². The number of rotatable bonds is 2. The van der Waals surface area contributed by atoms with E-state index in [-0.39, 0.29) is 17.9 Å². The summed E-state index contributed by atoms with van der Waals surface area (Å²) in [5, 5.41) is 2.96. The van der Waals surface area contributed by atoms with Crippen LogP contribution in [0.3, 0.4) is 0 Å². The molecule has 1 aliphatic heterocycles. The van der Waals surface area contributed by atoms with Gasteiger partial charge >= 0.3 is 0 Å². The topological polar surface area (TPSA) is 64.3 Å². The van der Waals surface area contributed by atoms with Crippen LogP contribution in [0.15, 0.2) is 12.1 Å². The lowest BCUT2D eigenvalue weighted by molar-refractivity contribution is -0.126. The maximum Gasteiger partial charge on any atom is 0.253 e. The average Bonchev–Trinajstić information content (AvgIpc) is 2.69. The first-order chi connectivity index (χ1) is 8.49. The third-order valence-electron chi connectivity index (χ3n) is 3.45. The van der Waals surface area contributed by atoms with Gasteiger partial charge in [-0.25, -0.2) is 0 Å². The average molecular weight is 248 g/mol. The Morgan fingerprint density at radius 2 is 2.00 bits per heavy atom. The van der Waals surface area contributed by atoms with Crippen molar-refractivity contribution in [3.63, 3.8) is 0 Å². The van der Waals surface area contributed by atoms with Gasteiger partial charge < -0.3 is 15.8 Å². The molecule has 0 radical (unpaired) electrons. The van der Waals surface area contributed by atoms with E-state index < -0.39 is 0 Å². The second-order valence-corrected chi connectivity index (χ2v) is 5.08. The van der Waals surface area contributed by atoms with E-state index in [1.807, 2.05) is 32.9 Å². The van der Waals surface area contributed by atoms with Gasteiger partial charge in [-0.05, 0) is 49.4 Å². The molecule has 1 fully saturated rings. The van der Waals surface area contributed by atoms with Crippen molar-refractivity contribution in [2.75, 3.05) is 17.7 Å². The number of hydrogen-bond donors (Lipinski definition) is 2. The highest BCUT2D eigenvalue weighted by Gasteiger charge is 2.31. The van der Waals surface area contributed by atoms with E-state index in [2.05, 4.69) is 5.32 Å². The van der Waals surface area contributed by atoms with Crippen LogP contribution in [0.1, 0.15) is 24.5 Å². The number of carbonyl (C=O) groups is 1. The van der Waals surface area contributed by atoms with Crippen LogP contribution < -0.4 is 11.1 Å². The Hall–Kier alpha value is -1.55. The predicted molar refractivity (Wildman–Crippen MR) is 72.5 cm³/mol. The predicted octanol–water partition coefficient (Wildman–Crippen LogP) is 2.25. The summed E-state index contributed by atoms with van der Waals surface area (Å²) >= 11 is 0. The lowest BCUT2D eigenvalue weighted by Gasteiger charge is -2.17. The number of benzene rings is 1. The molecule has 1 aromatic rings. The van der Waals surface area contributed by atoms with Gasteiger partial charge in [-0.1, -0.05) is 6.92 Å². The summed E-state index contributed by atoms with van der Waals surface area (Å²) in [4.78, 5) is 12.1. The van der Waals surface area contributed by atoms with E-state index >= 15 is 0 Å². The number of carbonyl (C=O) groups excluding carboxylic acids is 1. The molecule has 0 bridgehead atoms. The molecule has 2 unspecified atom stereocenters. The maximum absolute atomic E-state index is 12.1. The Labute approximate surface area is 108 Å². The van der Waals surface area contributed by atoms with Crippen molar-refractivity contribution in [1.29, 1.82) is 0 Å². The van der Waals surface area contributed by atoms with Crippen LogP contribution in [0.25, 0.3) is 0 Å². The number of ether oxygens (including phenoxy) is 1. The molecule has 0 spiro atoms. The number of aryl methyl sites for hydroxylation is 2. The lowest BCUT2D eigenvalue weighted by atomic mass is 10.0. The Kier molecular flexibility index (Phi) is 3.57. The molecule has 2 rings (SSSR count). The molecule has 1 aliphatic rings. The molecule has 1 aromatic carbocycles. The first kappa shape index (κ1) is 12.9. The number of nitrogens with one attached hydrogen (secondary N) is 1. The summed E-state index contributed by atoms with van der Waals surface area (Å²) < 4.78 is 5.47. The van der Waals surface area contributed by atoms with Crippen molar-refractivity contribution in [3.05, 3.63) is 23.3 Å². The van der Waals surface area contributed by atoms with Crippen LogP contribution in [0.5, 0.6) is 0 Å². The number of nitrogens with two attached hydrogens (primary N) is 1. The van der Waals surface area contributed by atoms with Crippen molar-refractivity contribution in [2.45, 2.75) is 33.3 Å². The maximum atomic E-state index is 12.1. The molecule has 1 saturated heterocycles. The molecule has 4 nitrogen and oxygen atoms in total.